The summed E-state index contributed by atoms with van der Waals surface area (Å²) in [4.78, 5) is 2.26. The SMILES string of the molecule is Cl.Cl.N#CC[C@@H](c1ccccc1O)N1CCNCC1. The van der Waals surface area contributed by atoms with Crippen molar-refractivity contribution in [3.8, 4) is 11.8 Å². The first-order valence-electron chi connectivity index (χ1n) is 5.92. The van der Waals surface area contributed by atoms with E-state index < -0.39 is 0 Å². The summed E-state index contributed by atoms with van der Waals surface area (Å²) in [5, 5.41) is 22.1. The molecule has 1 fully saturated rings. The fourth-order valence-electron chi connectivity index (χ4n) is 2.29. The first-order valence-corrected chi connectivity index (χ1v) is 5.92. The second-order valence-electron chi connectivity index (χ2n) is 4.22. The first-order chi connectivity index (χ1) is 8.33. The van der Waals surface area contributed by atoms with Crippen LogP contribution in [-0.2, 0) is 0 Å². The van der Waals surface area contributed by atoms with Crippen LogP contribution in [0.25, 0.3) is 0 Å². The van der Waals surface area contributed by atoms with E-state index in [2.05, 4.69) is 16.3 Å². The van der Waals surface area contributed by atoms with E-state index in [-0.39, 0.29) is 36.6 Å². The van der Waals surface area contributed by atoms with Crippen molar-refractivity contribution in [1.82, 2.24) is 10.2 Å². The normalized spacial score (nSPS) is 16.6. The molecule has 1 heterocycles. The van der Waals surface area contributed by atoms with Crippen LogP contribution in [-0.4, -0.2) is 36.2 Å². The summed E-state index contributed by atoms with van der Waals surface area (Å²) in [6.07, 6.45) is 0.414. The van der Waals surface area contributed by atoms with E-state index in [9.17, 15) is 5.11 Å². The molecule has 2 rings (SSSR count). The Hall–Kier alpha value is -0.990. The second kappa shape index (κ2) is 9.00. The molecule has 19 heavy (non-hydrogen) atoms. The molecule has 106 valence electrons. The number of rotatable bonds is 3. The lowest BCUT2D eigenvalue weighted by atomic mass is 10.0. The van der Waals surface area contributed by atoms with Gasteiger partial charge in [0.1, 0.15) is 5.75 Å². The maximum Gasteiger partial charge on any atom is 0.120 e. The Kier molecular flexibility index (Phi) is 8.53. The highest BCUT2D eigenvalue weighted by atomic mass is 35.5. The van der Waals surface area contributed by atoms with Crippen LogP contribution in [0.1, 0.15) is 18.0 Å². The van der Waals surface area contributed by atoms with Gasteiger partial charge in [0, 0.05) is 31.7 Å². The predicted octanol–water partition coefficient (Wildman–Crippen LogP) is 2.10. The van der Waals surface area contributed by atoms with E-state index in [1.807, 2.05) is 12.1 Å². The van der Waals surface area contributed by atoms with Crippen molar-refractivity contribution in [1.29, 1.82) is 5.26 Å². The Morgan fingerprint density at radius 3 is 2.47 bits per heavy atom. The fourth-order valence-corrected chi connectivity index (χ4v) is 2.29. The quantitative estimate of drug-likeness (QED) is 0.898. The molecule has 2 N–H and O–H groups in total. The maximum absolute atomic E-state index is 9.89. The zero-order chi connectivity index (χ0) is 12.1. The van der Waals surface area contributed by atoms with Crippen LogP contribution in [0, 0.1) is 11.3 Å². The fraction of sp³-hybridized carbons (Fsp3) is 0.462. The number of hydrogen-bond donors (Lipinski definition) is 2. The van der Waals surface area contributed by atoms with Gasteiger partial charge in [0.15, 0.2) is 0 Å². The molecule has 0 saturated carbocycles. The zero-order valence-electron chi connectivity index (χ0n) is 10.6. The highest BCUT2D eigenvalue weighted by Gasteiger charge is 2.23. The molecule has 1 atom stereocenters. The average Bonchev–Trinajstić information content (AvgIpc) is 2.38. The number of piperazine rings is 1. The summed E-state index contributed by atoms with van der Waals surface area (Å²) < 4.78 is 0. The van der Waals surface area contributed by atoms with Crippen molar-refractivity contribution in [3.05, 3.63) is 29.8 Å². The summed E-state index contributed by atoms with van der Waals surface area (Å²) in [6.45, 7) is 3.71. The predicted molar refractivity (Wildman–Crippen MR) is 80.0 cm³/mol. The lowest BCUT2D eigenvalue weighted by Gasteiger charge is -2.34. The molecule has 0 aliphatic carbocycles. The summed E-state index contributed by atoms with van der Waals surface area (Å²) in [5.41, 5.74) is 0.857. The molecule has 0 unspecified atom stereocenters. The zero-order valence-corrected chi connectivity index (χ0v) is 12.2. The molecule has 1 aromatic rings. The van der Waals surface area contributed by atoms with Crippen LogP contribution >= 0.6 is 24.8 Å². The minimum absolute atomic E-state index is 0. The molecule has 0 bridgehead atoms. The molecule has 1 saturated heterocycles. The van der Waals surface area contributed by atoms with Gasteiger partial charge in [-0.05, 0) is 6.07 Å². The molecule has 1 aliphatic rings. The minimum Gasteiger partial charge on any atom is -0.508 e. The minimum atomic E-state index is 0. The largest absolute Gasteiger partial charge is 0.508 e. The highest BCUT2D eigenvalue weighted by molar-refractivity contribution is 5.85. The van der Waals surface area contributed by atoms with Crippen LogP contribution in [0.4, 0.5) is 0 Å². The van der Waals surface area contributed by atoms with Crippen molar-refractivity contribution in [2.75, 3.05) is 26.2 Å². The van der Waals surface area contributed by atoms with Crippen LogP contribution in [0.3, 0.4) is 0 Å². The third-order valence-electron chi connectivity index (χ3n) is 3.17. The molecule has 0 aromatic heterocycles. The van der Waals surface area contributed by atoms with Crippen molar-refractivity contribution in [2.45, 2.75) is 12.5 Å². The van der Waals surface area contributed by atoms with Crippen molar-refractivity contribution >= 4 is 24.8 Å². The summed E-state index contributed by atoms with van der Waals surface area (Å²) >= 11 is 0. The Balaban J connectivity index is 0.00000162. The van der Waals surface area contributed by atoms with Gasteiger partial charge >= 0.3 is 0 Å². The number of nitrogens with one attached hydrogen (secondary N) is 1. The van der Waals surface area contributed by atoms with Gasteiger partial charge < -0.3 is 10.4 Å². The van der Waals surface area contributed by atoms with Gasteiger partial charge in [-0.3, -0.25) is 4.90 Å². The van der Waals surface area contributed by atoms with Crippen molar-refractivity contribution in [2.24, 2.45) is 0 Å². The Bertz CT molecular complexity index is 417. The van der Waals surface area contributed by atoms with Crippen LogP contribution in [0.15, 0.2) is 24.3 Å². The smallest absolute Gasteiger partial charge is 0.120 e. The molecule has 1 aliphatic heterocycles. The Labute approximate surface area is 126 Å². The van der Waals surface area contributed by atoms with Crippen LogP contribution in [0.5, 0.6) is 5.75 Å². The van der Waals surface area contributed by atoms with Gasteiger partial charge in [-0.15, -0.1) is 24.8 Å². The molecule has 1 aromatic carbocycles. The van der Waals surface area contributed by atoms with Gasteiger partial charge in [0.2, 0.25) is 0 Å². The standard InChI is InChI=1S/C13H17N3O.2ClH/c14-6-5-12(16-9-7-15-8-10-16)11-3-1-2-4-13(11)17;;/h1-4,12,15,17H,5,7-10H2;2*1H/t12-;;/m0../s1. The molecule has 0 radical (unpaired) electrons. The molecule has 0 spiro atoms. The molecular weight excluding hydrogens is 285 g/mol. The number of aromatic hydroxyl groups is 1. The number of halogens is 2. The average molecular weight is 304 g/mol. The van der Waals surface area contributed by atoms with Crippen molar-refractivity contribution in [3.63, 3.8) is 0 Å². The summed E-state index contributed by atoms with van der Waals surface area (Å²) in [7, 11) is 0. The third kappa shape index (κ3) is 4.55. The van der Waals surface area contributed by atoms with Crippen molar-refractivity contribution < 1.29 is 5.11 Å². The van der Waals surface area contributed by atoms with E-state index >= 15 is 0 Å². The van der Waals surface area contributed by atoms with Gasteiger partial charge in [-0.25, -0.2) is 0 Å². The van der Waals surface area contributed by atoms with Crippen LogP contribution < -0.4 is 5.32 Å². The van der Waals surface area contributed by atoms with E-state index in [4.69, 9.17) is 5.26 Å². The number of nitrogens with zero attached hydrogens (tertiary/aromatic N) is 2. The Morgan fingerprint density at radius 1 is 1.26 bits per heavy atom. The van der Waals surface area contributed by atoms with E-state index in [1.165, 1.54) is 0 Å². The topological polar surface area (TPSA) is 59.3 Å². The molecule has 4 nitrogen and oxygen atoms in total. The lowest BCUT2D eigenvalue weighted by molar-refractivity contribution is 0.173. The van der Waals surface area contributed by atoms with Gasteiger partial charge in [-0.1, -0.05) is 18.2 Å². The monoisotopic (exact) mass is 303 g/mol. The van der Waals surface area contributed by atoms with Gasteiger partial charge in [0.25, 0.3) is 0 Å². The van der Waals surface area contributed by atoms with E-state index in [0.29, 0.717) is 6.42 Å². The maximum atomic E-state index is 9.89. The third-order valence-corrected chi connectivity index (χ3v) is 3.17. The number of benzene rings is 1. The second-order valence-corrected chi connectivity index (χ2v) is 4.22. The van der Waals surface area contributed by atoms with E-state index in [1.54, 1.807) is 12.1 Å². The number of phenolic OH excluding ortho intramolecular Hbond substituents is 1. The summed E-state index contributed by atoms with van der Waals surface area (Å²) in [6, 6.07) is 9.52. The molecule has 0 amide bonds. The first kappa shape index (κ1) is 18.0. The summed E-state index contributed by atoms with van der Waals surface area (Å²) in [5.74, 6) is 0.284. The Morgan fingerprint density at radius 2 is 1.89 bits per heavy atom. The number of hydrogen-bond acceptors (Lipinski definition) is 4. The highest BCUT2D eigenvalue weighted by Crippen LogP contribution is 2.30. The van der Waals surface area contributed by atoms with Gasteiger partial charge in [0.05, 0.1) is 18.5 Å². The van der Waals surface area contributed by atoms with Gasteiger partial charge in [-0.2, -0.15) is 5.26 Å². The molecular formula is C13H19Cl2N3O. The number of nitriles is 1. The number of phenols is 1. The molecule has 6 heteroatoms. The van der Waals surface area contributed by atoms with E-state index in [0.717, 1.165) is 31.7 Å². The van der Waals surface area contributed by atoms with Crippen LogP contribution in [0.2, 0.25) is 0 Å². The number of para-hydroxylation sites is 1. The lowest BCUT2D eigenvalue weighted by Crippen LogP contribution is -2.45.